The van der Waals surface area contributed by atoms with E-state index < -0.39 is 0 Å². The van der Waals surface area contributed by atoms with E-state index in [1.165, 1.54) is 11.3 Å². The Kier molecular flexibility index (Phi) is 3.96. The molecule has 1 aromatic heterocycles. The summed E-state index contributed by atoms with van der Waals surface area (Å²) in [5.41, 5.74) is 3.68. The van der Waals surface area contributed by atoms with Crippen LogP contribution in [0, 0.1) is 0 Å². The van der Waals surface area contributed by atoms with E-state index >= 15 is 0 Å². The predicted molar refractivity (Wildman–Crippen MR) is 94.8 cm³/mol. The second-order valence-electron chi connectivity index (χ2n) is 5.54. The number of hydrogen-bond acceptors (Lipinski definition) is 4. The Morgan fingerprint density at radius 2 is 2.18 bits per heavy atom. The summed E-state index contributed by atoms with van der Waals surface area (Å²) in [4.78, 5) is 15.1. The number of hydrogen-bond donors (Lipinski definition) is 1. The van der Waals surface area contributed by atoms with Gasteiger partial charge in [-0.05, 0) is 5.56 Å². The Labute approximate surface area is 142 Å². The molecule has 22 heavy (non-hydrogen) atoms. The molecule has 6 heteroatoms. The standard InChI is InChI=1S/C16H17BrN4S/c17-8-12-9-18-16(22-12)21-7-6-13-14(20-10-19-13)15(21)11-4-2-1-3-5-11/h1-5,10,12,15H,6-9H2,(H,19,20). The van der Waals surface area contributed by atoms with Gasteiger partial charge in [-0.1, -0.05) is 58.0 Å². The number of aromatic amines is 1. The minimum Gasteiger partial charge on any atom is -0.348 e. The molecular weight excluding hydrogens is 360 g/mol. The van der Waals surface area contributed by atoms with E-state index in [1.54, 1.807) is 0 Å². The third-order valence-corrected chi connectivity index (χ3v) is 6.59. The molecule has 2 aliphatic rings. The zero-order valence-corrected chi connectivity index (χ0v) is 14.5. The zero-order valence-electron chi connectivity index (χ0n) is 12.1. The van der Waals surface area contributed by atoms with Crippen LogP contribution in [-0.2, 0) is 6.42 Å². The number of rotatable bonds is 2. The predicted octanol–water partition coefficient (Wildman–Crippen LogP) is 3.22. The van der Waals surface area contributed by atoms with E-state index in [2.05, 4.69) is 61.1 Å². The van der Waals surface area contributed by atoms with Gasteiger partial charge in [0.15, 0.2) is 5.17 Å². The molecule has 0 saturated heterocycles. The third kappa shape index (κ3) is 2.48. The van der Waals surface area contributed by atoms with Crippen molar-refractivity contribution in [1.29, 1.82) is 0 Å². The highest BCUT2D eigenvalue weighted by Crippen LogP contribution is 2.37. The molecule has 4 nitrogen and oxygen atoms in total. The second kappa shape index (κ2) is 6.08. The van der Waals surface area contributed by atoms with Crippen molar-refractivity contribution in [1.82, 2.24) is 14.9 Å². The topological polar surface area (TPSA) is 44.3 Å². The smallest absolute Gasteiger partial charge is 0.160 e. The molecule has 114 valence electrons. The summed E-state index contributed by atoms with van der Waals surface area (Å²) in [5.74, 6) is 0. The number of benzene rings is 1. The molecule has 0 radical (unpaired) electrons. The van der Waals surface area contributed by atoms with E-state index in [0.717, 1.165) is 35.7 Å². The first-order chi connectivity index (χ1) is 10.9. The van der Waals surface area contributed by atoms with Crippen molar-refractivity contribution in [3.8, 4) is 0 Å². The van der Waals surface area contributed by atoms with E-state index in [0.29, 0.717) is 5.25 Å². The van der Waals surface area contributed by atoms with Gasteiger partial charge in [0.05, 0.1) is 18.6 Å². The Morgan fingerprint density at radius 3 is 2.95 bits per heavy atom. The zero-order chi connectivity index (χ0) is 14.9. The van der Waals surface area contributed by atoms with Gasteiger partial charge in [0.25, 0.3) is 0 Å². The Bertz CT molecular complexity index is 684. The summed E-state index contributed by atoms with van der Waals surface area (Å²) in [6.07, 6.45) is 2.81. The molecule has 0 saturated carbocycles. The molecule has 1 N–H and O–H groups in total. The molecule has 2 unspecified atom stereocenters. The number of thioether (sulfide) groups is 1. The average Bonchev–Trinajstić information content (AvgIpc) is 3.23. The van der Waals surface area contributed by atoms with Crippen molar-refractivity contribution in [2.24, 2.45) is 4.99 Å². The molecule has 1 aromatic carbocycles. The van der Waals surface area contributed by atoms with E-state index in [4.69, 9.17) is 4.99 Å². The molecule has 0 spiro atoms. The lowest BCUT2D eigenvalue weighted by Gasteiger charge is -2.36. The second-order valence-corrected chi connectivity index (χ2v) is 7.46. The first-order valence-corrected chi connectivity index (χ1v) is 9.47. The van der Waals surface area contributed by atoms with Gasteiger partial charge in [-0.2, -0.15) is 0 Å². The monoisotopic (exact) mass is 376 g/mol. The summed E-state index contributed by atoms with van der Waals surface area (Å²) in [7, 11) is 0. The number of aliphatic imine (C=N–C) groups is 1. The number of alkyl halides is 1. The molecule has 0 fully saturated rings. The first-order valence-electron chi connectivity index (χ1n) is 7.47. The molecule has 0 aliphatic carbocycles. The summed E-state index contributed by atoms with van der Waals surface area (Å²) in [6, 6.07) is 10.8. The number of amidine groups is 1. The first kappa shape index (κ1) is 14.3. The van der Waals surface area contributed by atoms with Crippen LogP contribution in [0.1, 0.15) is 23.0 Å². The fraction of sp³-hybridized carbons (Fsp3) is 0.375. The van der Waals surface area contributed by atoms with Crippen LogP contribution in [-0.4, -0.2) is 43.7 Å². The highest BCUT2D eigenvalue weighted by atomic mass is 79.9. The van der Waals surface area contributed by atoms with E-state index in [-0.39, 0.29) is 6.04 Å². The largest absolute Gasteiger partial charge is 0.348 e. The van der Waals surface area contributed by atoms with Gasteiger partial charge in [-0.3, -0.25) is 4.99 Å². The number of H-pyrrole nitrogens is 1. The van der Waals surface area contributed by atoms with Gasteiger partial charge >= 0.3 is 0 Å². The maximum Gasteiger partial charge on any atom is 0.160 e. The normalized spacial score (nSPS) is 24.2. The quantitative estimate of drug-likeness (QED) is 0.818. The molecule has 3 heterocycles. The number of fused-ring (bicyclic) bond motifs is 1. The lowest BCUT2D eigenvalue weighted by molar-refractivity contribution is 0.338. The highest BCUT2D eigenvalue weighted by molar-refractivity contribution is 9.09. The van der Waals surface area contributed by atoms with E-state index in [9.17, 15) is 0 Å². The van der Waals surface area contributed by atoms with Gasteiger partial charge in [-0.15, -0.1) is 0 Å². The lowest BCUT2D eigenvalue weighted by atomic mass is 9.96. The average molecular weight is 377 g/mol. The van der Waals surface area contributed by atoms with Gasteiger partial charge < -0.3 is 9.88 Å². The summed E-state index contributed by atoms with van der Waals surface area (Å²) < 4.78 is 0. The summed E-state index contributed by atoms with van der Waals surface area (Å²) >= 11 is 5.46. The lowest BCUT2D eigenvalue weighted by Crippen LogP contribution is -2.39. The fourth-order valence-electron chi connectivity index (χ4n) is 3.10. The number of aromatic nitrogens is 2. The van der Waals surface area contributed by atoms with Crippen molar-refractivity contribution in [3.63, 3.8) is 0 Å². The number of nitrogens with zero attached hydrogens (tertiary/aromatic N) is 3. The third-order valence-electron chi connectivity index (χ3n) is 4.16. The number of imidazole rings is 1. The van der Waals surface area contributed by atoms with Crippen LogP contribution in [0.4, 0.5) is 0 Å². The molecular formula is C16H17BrN4S. The van der Waals surface area contributed by atoms with Crippen molar-refractivity contribution >= 4 is 32.9 Å². The molecule has 2 aliphatic heterocycles. The molecule has 2 aromatic rings. The maximum absolute atomic E-state index is 4.78. The van der Waals surface area contributed by atoms with Gasteiger partial charge in [0.2, 0.25) is 0 Å². The van der Waals surface area contributed by atoms with Gasteiger partial charge in [0, 0.05) is 29.2 Å². The van der Waals surface area contributed by atoms with Crippen LogP contribution in [0.15, 0.2) is 41.7 Å². The van der Waals surface area contributed by atoms with Crippen molar-refractivity contribution in [2.45, 2.75) is 17.7 Å². The maximum atomic E-state index is 4.78. The molecule has 4 rings (SSSR count). The molecule has 2 atom stereocenters. The summed E-state index contributed by atoms with van der Waals surface area (Å²) in [5, 5.41) is 2.70. The minimum atomic E-state index is 0.163. The van der Waals surface area contributed by atoms with Crippen molar-refractivity contribution in [2.75, 3.05) is 18.4 Å². The van der Waals surface area contributed by atoms with Gasteiger partial charge in [0.1, 0.15) is 6.04 Å². The van der Waals surface area contributed by atoms with E-state index in [1.807, 2.05) is 18.1 Å². The molecule has 0 bridgehead atoms. The Morgan fingerprint density at radius 1 is 1.32 bits per heavy atom. The fourth-order valence-corrected chi connectivity index (χ4v) is 4.69. The van der Waals surface area contributed by atoms with Crippen LogP contribution >= 0.6 is 27.7 Å². The number of halogens is 1. The van der Waals surface area contributed by atoms with Crippen LogP contribution in [0.2, 0.25) is 0 Å². The Hall–Kier alpha value is -1.27. The summed E-state index contributed by atoms with van der Waals surface area (Å²) in [6.45, 7) is 1.88. The number of nitrogens with one attached hydrogen (secondary N) is 1. The SMILES string of the molecule is BrCC1CN=C(N2CCc3[nH]cnc3C2c2ccccc2)S1. The van der Waals surface area contributed by atoms with Crippen LogP contribution in [0.3, 0.4) is 0 Å². The van der Waals surface area contributed by atoms with Crippen LogP contribution < -0.4 is 0 Å². The molecule has 0 amide bonds. The van der Waals surface area contributed by atoms with Crippen LogP contribution in [0.25, 0.3) is 0 Å². The Balaban J connectivity index is 1.72. The van der Waals surface area contributed by atoms with Gasteiger partial charge in [-0.25, -0.2) is 4.98 Å². The van der Waals surface area contributed by atoms with Crippen molar-refractivity contribution in [3.05, 3.63) is 53.6 Å². The van der Waals surface area contributed by atoms with Crippen molar-refractivity contribution < 1.29 is 0 Å². The highest BCUT2D eigenvalue weighted by Gasteiger charge is 2.35. The minimum absolute atomic E-state index is 0.163. The van der Waals surface area contributed by atoms with Crippen LogP contribution in [0.5, 0.6) is 0 Å².